The SMILES string of the molecule is CNS(=O)(=O)N1CCN(C(=O)C2CCCCO2)CC1. The lowest BCUT2D eigenvalue weighted by molar-refractivity contribution is -0.147. The molecule has 0 aromatic rings. The first-order chi connectivity index (χ1) is 9.04. The van der Waals surface area contributed by atoms with Gasteiger partial charge in [-0.3, -0.25) is 4.79 Å². The van der Waals surface area contributed by atoms with Crippen molar-refractivity contribution in [3.63, 3.8) is 0 Å². The third-order valence-corrected chi connectivity index (χ3v) is 5.16. The number of piperazine rings is 1. The quantitative estimate of drug-likeness (QED) is 0.736. The zero-order valence-corrected chi connectivity index (χ0v) is 12.0. The molecule has 2 aliphatic rings. The predicted molar refractivity (Wildman–Crippen MR) is 69.7 cm³/mol. The lowest BCUT2D eigenvalue weighted by atomic mass is 10.1. The van der Waals surface area contributed by atoms with E-state index in [-0.39, 0.29) is 12.0 Å². The highest BCUT2D eigenvalue weighted by molar-refractivity contribution is 7.87. The molecule has 19 heavy (non-hydrogen) atoms. The molecule has 2 heterocycles. The largest absolute Gasteiger partial charge is 0.368 e. The number of hydrogen-bond donors (Lipinski definition) is 1. The Morgan fingerprint density at radius 1 is 1.21 bits per heavy atom. The molecule has 0 aliphatic carbocycles. The fraction of sp³-hybridized carbons (Fsp3) is 0.909. The van der Waals surface area contributed by atoms with Gasteiger partial charge >= 0.3 is 0 Å². The third-order valence-electron chi connectivity index (χ3n) is 3.60. The third kappa shape index (κ3) is 3.44. The molecule has 2 fully saturated rings. The van der Waals surface area contributed by atoms with Gasteiger partial charge in [0, 0.05) is 39.8 Å². The summed E-state index contributed by atoms with van der Waals surface area (Å²) in [6.45, 7) is 2.17. The molecule has 110 valence electrons. The highest BCUT2D eigenvalue weighted by atomic mass is 32.2. The van der Waals surface area contributed by atoms with E-state index in [1.54, 1.807) is 4.90 Å². The first-order valence-corrected chi connectivity index (χ1v) is 8.07. The van der Waals surface area contributed by atoms with Crippen molar-refractivity contribution in [1.29, 1.82) is 0 Å². The van der Waals surface area contributed by atoms with Gasteiger partial charge in [0.15, 0.2) is 0 Å². The Bertz CT molecular complexity index is 412. The van der Waals surface area contributed by atoms with Gasteiger partial charge in [0.2, 0.25) is 0 Å². The molecular weight excluding hydrogens is 270 g/mol. The highest BCUT2D eigenvalue weighted by Crippen LogP contribution is 2.16. The number of carbonyl (C=O) groups excluding carboxylic acids is 1. The zero-order valence-electron chi connectivity index (χ0n) is 11.2. The van der Waals surface area contributed by atoms with Crippen molar-refractivity contribution in [2.24, 2.45) is 0 Å². The van der Waals surface area contributed by atoms with Crippen LogP contribution < -0.4 is 4.72 Å². The number of rotatable bonds is 3. The predicted octanol–water partition coefficient (Wildman–Crippen LogP) is -0.836. The Labute approximate surface area is 114 Å². The minimum atomic E-state index is -3.38. The summed E-state index contributed by atoms with van der Waals surface area (Å²) in [6.07, 6.45) is 2.47. The summed E-state index contributed by atoms with van der Waals surface area (Å²) in [6, 6.07) is 0. The molecule has 2 saturated heterocycles. The minimum Gasteiger partial charge on any atom is -0.368 e. The second-order valence-electron chi connectivity index (χ2n) is 4.79. The van der Waals surface area contributed by atoms with E-state index in [1.807, 2.05) is 0 Å². The van der Waals surface area contributed by atoms with E-state index in [9.17, 15) is 13.2 Å². The van der Waals surface area contributed by atoms with E-state index in [0.717, 1.165) is 19.3 Å². The van der Waals surface area contributed by atoms with Crippen molar-refractivity contribution in [3.05, 3.63) is 0 Å². The van der Waals surface area contributed by atoms with Gasteiger partial charge in [-0.05, 0) is 19.3 Å². The molecule has 1 unspecified atom stereocenters. The summed E-state index contributed by atoms with van der Waals surface area (Å²) >= 11 is 0. The van der Waals surface area contributed by atoms with Gasteiger partial charge < -0.3 is 9.64 Å². The first-order valence-electron chi connectivity index (χ1n) is 6.63. The molecule has 1 amide bonds. The molecule has 0 aromatic heterocycles. The van der Waals surface area contributed by atoms with E-state index in [2.05, 4.69) is 4.72 Å². The van der Waals surface area contributed by atoms with Gasteiger partial charge in [0.05, 0.1) is 0 Å². The molecule has 0 saturated carbocycles. The number of nitrogens with zero attached hydrogens (tertiary/aromatic N) is 2. The standard InChI is InChI=1S/C11H21N3O4S/c1-12-19(16,17)14-7-5-13(6-8-14)11(15)10-4-2-3-9-18-10/h10,12H,2-9H2,1H3. The topological polar surface area (TPSA) is 79.0 Å². The summed E-state index contributed by atoms with van der Waals surface area (Å²) in [5.74, 6) is 0.00112. The Kier molecular flexibility index (Phi) is 4.77. The molecule has 0 spiro atoms. The molecular formula is C11H21N3O4S. The van der Waals surface area contributed by atoms with Gasteiger partial charge in [0.1, 0.15) is 6.10 Å². The number of amides is 1. The molecule has 8 heteroatoms. The lowest BCUT2D eigenvalue weighted by Crippen LogP contribution is -2.55. The Hall–Kier alpha value is -0.700. The van der Waals surface area contributed by atoms with Crippen LogP contribution in [0.4, 0.5) is 0 Å². The maximum atomic E-state index is 12.2. The van der Waals surface area contributed by atoms with Crippen LogP contribution in [0.5, 0.6) is 0 Å². The molecule has 7 nitrogen and oxygen atoms in total. The summed E-state index contributed by atoms with van der Waals surface area (Å²) in [5, 5.41) is 0. The summed E-state index contributed by atoms with van der Waals surface area (Å²) < 4.78 is 32.4. The van der Waals surface area contributed by atoms with Gasteiger partial charge in [-0.2, -0.15) is 12.7 Å². The van der Waals surface area contributed by atoms with Crippen LogP contribution in [0.3, 0.4) is 0 Å². The maximum absolute atomic E-state index is 12.2. The summed E-state index contributed by atoms with van der Waals surface area (Å²) in [7, 11) is -1.99. The van der Waals surface area contributed by atoms with Crippen LogP contribution in [0, 0.1) is 0 Å². The Morgan fingerprint density at radius 2 is 1.89 bits per heavy atom. The first kappa shape index (κ1) is 14.7. The fourth-order valence-corrected chi connectivity index (χ4v) is 3.32. The smallest absolute Gasteiger partial charge is 0.279 e. The molecule has 1 N–H and O–H groups in total. The Balaban J connectivity index is 1.87. The molecule has 2 rings (SSSR count). The van der Waals surface area contributed by atoms with Crippen LogP contribution in [-0.2, 0) is 19.7 Å². The van der Waals surface area contributed by atoms with Crippen molar-refractivity contribution in [1.82, 2.24) is 13.9 Å². The fourth-order valence-electron chi connectivity index (χ4n) is 2.42. The molecule has 1 atom stereocenters. The minimum absolute atomic E-state index is 0.00112. The van der Waals surface area contributed by atoms with Gasteiger partial charge in [-0.25, -0.2) is 4.72 Å². The van der Waals surface area contributed by atoms with Crippen molar-refractivity contribution < 1.29 is 17.9 Å². The second-order valence-corrected chi connectivity index (χ2v) is 6.66. The lowest BCUT2D eigenvalue weighted by Gasteiger charge is -2.36. The van der Waals surface area contributed by atoms with E-state index in [1.165, 1.54) is 11.4 Å². The maximum Gasteiger partial charge on any atom is 0.279 e. The van der Waals surface area contributed by atoms with Crippen LogP contribution in [0.1, 0.15) is 19.3 Å². The van der Waals surface area contributed by atoms with Crippen LogP contribution >= 0.6 is 0 Å². The van der Waals surface area contributed by atoms with Crippen LogP contribution in [-0.4, -0.2) is 69.5 Å². The normalized spacial score (nSPS) is 26.4. The van der Waals surface area contributed by atoms with Crippen LogP contribution in [0.2, 0.25) is 0 Å². The van der Waals surface area contributed by atoms with Gasteiger partial charge in [0.25, 0.3) is 16.1 Å². The summed E-state index contributed by atoms with van der Waals surface area (Å²) in [5.41, 5.74) is 0. The van der Waals surface area contributed by atoms with Gasteiger partial charge in [-0.15, -0.1) is 0 Å². The highest BCUT2D eigenvalue weighted by Gasteiger charge is 2.32. The monoisotopic (exact) mass is 291 g/mol. The number of nitrogens with one attached hydrogen (secondary N) is 1. The van der Waals surface area contributed by atoms with Crippen LogP contribution in [0.25, 0.3) is 0 Å². The van der Waals surface area contributed by atoms with Crippen molar-refractivity contribution >= 4 is 16.1 Å². The number of carbonyl (C=O) groups is 1. The molecule has 0 radical (unpaired) electrons. The van der Waals surface area contributed by atoms with Crippen molar-refractivity contribution in [3.8, 4) is 0 Å². The average Bonchev–Trinajstić information content (AvgIpc) is 2.47. The van der Waals surface area contributed by atoms with E-state index < -0.39 is 10.2 Å². The summed E-state index contributed by atoms with van der Waals surface area (Å²) in [4.78, 5) is 13.9. The van der Waals surface area contributed by atoms with E-state index in [0.29, 0.717) is 32.8 Å². The number of hydrogen-bond acceptors (Lipinski definition) is 4. The van der Waals surface area contributed by atoms with E-state index >= 15 is 0 Å². The van der Waals surface area contributed by atoms with Gasteiger partial charge in [-0.1, -0.05) is 0 Å². The van der Waals surface area contributed by atoms with Crippen LogP contribution in [0.15, 0.2) is 0 Å². The van der Waals surface area contributed by atoms with Crippen molar-refractivity contribution in [2.75, 3.05) is 39.8 Å². The molecule has 0 bridgehead atoms. The number of ether oxygens (including phenoxy) is 1. The molecule has 0 aromatic carbocycles. The van der Waals surface area contributed by atoms with Crippen molar-refractivity contribution in [2.45, 2.75) is 25.4 Å². The second kappa shape index (κ2) is 6.17. The van der Waals surface area contributed by atoms with E-state index in [4.69, 9.17) is 4.74 Å². The Morgan fingerprint density at radius 3 is 2.42 bits per heavy atom. The average molecular weight is 291 g/mol. The molecule has 2 aliphatic heterocycles. The zero-order chi connectivity index (χ0) is 13.9.